The van der Waals surface area contributed by atoms with E-state index in [1.807, 2.05) is 37.3 Å². The van der Waals surface area contributed by atoms with Crippen LogP contribution in [0.25, 0.3) is 0 Å². The smallest absolute Gasteiger partial charge is 0.244 e. The number of hydrogen-bond donors (Lipinski definition) is 1. The van der Waals surface area contributed by atoms with Gasteiger partial charge >= 0.3 is 0 Å². The fourth-order valence-electron chi connectivity index (χ4n) is 3.04. The molecule has 1 aliphatic heterocycles. The van der Waals surface area contributed by atoms with Gasteiger partial charge in [0.05, 0.1) is 18.5 Å². The van der Waals surface area contributed by atoms with E-state index in [1.54, 1.807) is 4.90 Å². The molecule has 1 aliphatic rings. The second-order valence-electron chi connectivity index (χ2n) is 6.07. The molecule has 1 saturated heterocycles. The van der Waals surface area contributed by atoms with Gasteiger partial charge in [-0.05, 0) is 50.9 Å². The molecule has 5 heteroatoms. The lowest BCUT2D eigenvalue weighted by molar-refractivity contribution is -0.123. The summed E-state index contributed by atoms with van der Waals surface area (Å²) in [6.07, 6.45) is 2.18. The van der Waals surface area contributed by atoms with Crippen LogP contribution < -0.4 is 4.90 Å². The number of aliphatic hydroxyl groups excluding tert-OH is 1. The van der Waals surface area contributed by atoms with Crippen molar-refractivity contribution in [3.05, 3.63) is 30.3 Å². The lowest BCUT2D eigenvalue weighted by Gasteiger charge is -2.37. The fourth-order valence-corrected chi connectivity index (χ4v) is 3.04. The summed E-state index contributed by atoms with van der Waals surface area (Å²) < 4.78 is 0. The van der Waals surface area contributed by atoms with Gasteiger partial charge in [0.25, 0.3) is 0 Å². The van der Waals surface area contributed by atoms with E-state index in [0.29, 0.717) is 18.9 Å². The highest BCUT2D eigenvalue weighted by atomic mass is 16.3. The van der Waals surface area contributed by atoms with E-state index in [0.717, 1.165) is 31.6 Å². The van der Waals surface area contributed by atoms with Crippen LogP contribution in [-0.2, 0) is 4.79 Å². The molecule has 0 saturated carbocycles. The Bertz CT molecular complexity index is 533. The van der Waals surface area contributed by atoms with Crippen molar-refractivity contribution in [2.75, 3.05) is 31.1 Å². The number of piperidine rings is 1. The number of likely N-dealkylation sites (tertiary alicyclic amines) is 1. The molecule has 1 unspecified atom stereocenters. The van der Waals surface area contributed by atoms with Crippen molar-refractivity contribution >= 4 is 11.6 Å². The van der Waals surface area contributed by atoms with Crippen molar-refractivity contribution in [2.24, 2.45) is 5.92 Å². The summed E-state index contributed by atoms with van der Waals surface area (Å²) in [6, 6.07) is 11.4. The average molecular weight is 315 g/mol. The van der Waals surface area contributed by atoms with E-state index in [4.69, 9.17) is 5.26 Å². The van der Waals surface area contributed by atoms with Crippen LogP contribution >= 0.6 is 0 Å². The third kappa shape index (κ3) is 4.54. The first-order chi connectivity index (χ1) is 11.2. The van der Waals surface area contributed by atoms with Crippen molar-refractivity contribution < 1.29 is 9.90 Å². The molecule has 0 spiro atoms. The Balaban J connectivity index is 2.06. The number of nitrogens with zero attached hydrogens (tertiary/aromatic N) is 3. The SMILES string of the molecule is CC(C(=O)N(CCC#N)c1ccccc1)N1CCC(CO)CC1. The number of aliphatic hydroxyl groups is 1. The molecule has 0 aliphatic carbocycles. The highest BCUT2D eigenvalue weighted by molar-refractivity contribution is 5.96. The lowest BCUT2D eigenvalue weighted by atomic mass is 9.96. The summed E-state index contributed by atoms with van der Waals surface area (Å²) in [7, 11) is 0. The van der Waals surface area contributed by atoms with Gasteiger partial charge in [-0.15, -0.1) is 0 Å². The first kappa shape index (κ1) is 17.5. The van der Waals surface area contributed by atoms with E-state index in [9.17, 15) is 9.90 Å². The summed E-state index contributed by atoms with van der Waals surface area (Å²) in [6.45, 7) is 4.24. The van der Waals surface area contributed by atoms with Crippen LogP contribution in [0.3, 0.4) is 0 Å². The Hall–Kier alpha value is -1.90. The maximum atomic E-state index is 12.9. The Labute approximate surface area is 138 Å². The van der Waals surface area contributed by atoms with Crippen LogP contribution in [0.4, 0.5) is 5.69 Å². The minimum absolute atomic E-state index is 0.0360. The average Bonchev–Trinajstić information content (AvgIpc) is 2.62. The number of anilines is 1. The zero-order chi connectivity index (χ0) is 16.7. The number of para-hydroxylation sites is 1. The van der Waals surface area contributed by atoms with E-state index >= 15 is 0 Å². The van der Waals surface area contributed by atoms with Gasteiger partial charge in [-0.2, -0.15) is 5.26 Å². The summed E-state index contributed by atoms with van der Waals surface area (Å²) >= 11 is 0. The second-order valence-corrected chi connectivity index (χ2v) is 6.07. The second kappa shape index (κ2) is 8.66. The number of benzene rings is 1. The molecule has 1 amide bonds. The normalized spacial score (nSPS) is 17.4. The molecule has 0 radical (unpaired) electrons. The van der Waals surface area contributed by atoms with Gasteiger partial charge in [0.15, 0.2) is 0 Å². The zero-order valence-corrected chi connectivity index (χ0v) is 13.7. The van der Waals surface area contributed by atoms with Crippen LogP contribution in [0, 0.1) is 17.2 Å². The lowest BCUT2D eigenvalue weighted by Crippen LogP contribution is -2.50. The molecule has 1 heterocycles. The quantitative estimate of drug-likeness (QED) is 0.872. The van der Waals surface area contributed by atoms with E-state index in [1.165, 1.54) is 0 Å². The number of nitriles is 1. The van der Waals surface area contributed by atoms with E-state index in [-0.39, 0.29) is 18.6 Å². The molecule has 0 aromatic heterocycles. The topological polar surface area (TPSA) is 67.6 Å². The maximum Gasteiger partial charge on any atom is 0.244 e. The molecule has 23 heavy (non-hydrogen) atoms. The minimum Gasteiger partial charge on any atom is -0.396 e. The third-order valence-electron chi connectivity index (χ3n) is 4.59. The standard InChI is InChI=1S/C18H25N3O2/c1-15(20-12-8-16(14-22)9-13-20)18(23)21(11-5-10-19)17-6-3-2-4-7-17/h2-4,6-7,15-16,22H,5,8-9,11-14H2,1H3. The fraction of sp³-hybridized carbons (Fsp3) is 0.556. The Morgan fingerprint density at radius 1 is 1.39 bits per heavy atom. The van der Waals surface area contributed by atoms with Crippen LogP contribution in [0.2, 0.25) is 0 Å². The summed E-state index contributed by atoms with van der Waals surface area (Å²) in [5, 5.41) is 18.1. The van der Waals surface area contributed by atoms with Gasteiger partial charge in [-0.3, -0.25) is 9.69 Å². The molecule has 0 bridgehead atoms. The Morgan fingerprint density at radius 3 is 2.61 bits per heavy atom. The minimum atomic E-state index is -0.214. The number of hydrogen-bond acceptors (Lipinski definition) is 4. The maximum absolute atomic E-state index is 12.9. The Kier molecular flexibility index (Phi) is 6.57. The number of rotatable bonds is 6. The number of amides is 1. The zero-order valence-electron chi connectivity index (χ0n) is 13.7. The van der Waals surface area contributed by atoms with Crippen molar-refractivity contribution in [2.45, 2.75) is 32.2 Å². The molecule has 1 aromatic carbocycles. The highest BCUT2D eigenvalue weighted by Crippen LogP contribution is 2.21. The number of carbonyl (C=O) groups is 1. The molecule has 1 atom stereocenters. The van der Waals surface area contributed by atoms with E-state index < -0.39 is 0 Å². The van der Waals surface area contributed by atoms with Gasteiger partial charge in [0, 0.05) is 18.8 Å². The highest BCUT2D eigenvalue weighted by Gasteiger charge is 2.29. The molecule has 5 nitrogen and oxygen atoms in total. The van der Waals surface area contributed by atoms with Crippen molar-refractivity contribution in [3.8, 4) is 6.07 Å². The number of carbonyl (C=O) groups excluding carboxylic acids is 1. The van der Waals surface area contributed by atoms with Crippen molar-refractivity contribution in [1.82, 2.24) is 4.90 Å². The predicted octanol–water partition coefficient (Wildman–Crippen LogP) is 2.03. The molecular formula is C18H25N3O2. The molecule has 124 valence electrons. The molecular weight excluding hydrogens is 290 g/mol. The van der Waals surface area contributed by atoms with Gasteiger partial charge < -0.3 is 10.0 Å². The first-order valence-corrected chi connectivity index (χ1v) is 8.25. The van der Waals surface area contributed by atoms with Crippen molar-refractivity contribution in [3.63, 3.8) is 0 Å². The predicted molar refractivity (Wildman–Crippen MR) is 89.9 cm³/mol. The molecule has 1 fully saturated rings. The summed E-state index contributed by atoms with van der Waals surface area (Å²) in [5.74, 6) is 0.395. The summed E-state index contributed by atoms with van der Waals surface area (Å²) in [5.41, 5.74) is 0.838. The summed E-state index contributed by atoms with van der Waals surface area (Å²) in [4.78, 5) is 16.8. The van der Waals surface area contributed by atoms with Gasteiger partial charge in [-0.25, -0.2) is 0 Å². The van der Waals surface area contributed by atoms with Crippen LogP contribution in [0.5, 0.6) is 0 Å². The molecule has 1 N–H and O–H groups in total. The third-order valence-corrected chi connectivity index (χ3v) is 4.59. The molecule has 1 aromatic rings. The van der Waals surface area contributed by atoms with Gasteiger partial charge in [0.2, 0.25) is 5.91 Å². The van der Waals surface area contributed by atoms with Gasteiger partial charge in [0.1, 0.15) is 0 Å². The van der Waals surface area contributed by atoms with Gasteiger partial charge in [-0.1, -0.05) is 18.2 Å². The molecule has 2 rings (SSSR count). The monoisotopic (exact) mass is 315 g/mol. The van der Waals surface area contributed by atoms with Crippen molar-refractivity contribution in [1.29, 1.82) is 5.26 Å². The van der Waals surface area contributed by atoms with Crippen LogP contribution in [0.15, 0.2) is 30.3 Å². The van der Waals surface area contributed by atoms with Crippen LogP contribution in [0.1, 0.15) is 26.2 Å². The largest absolute Gasteiger partial charge is 0.396 e. The Morgan fingerprint density at radius 2 is 2.04 bits per heavy atom. The van der Waals surface area contributed by atoms with Crippen LogP contribution in [-0.4, -0.2) is 48.2 Å². The first-order valence-electron chi connectivity index (χ1n) is 8.25. The van der Waals surface area contributed by atoms with E-state index in [2.05, 4.69) is 11.0 Å².